The van der Waals surface area contributed by atoms with Crippen molar-refractivity contribution >= 4 is 15.9 Å². The Kier molecular flexibility index (Phi) is 5.47. The summed E-state index contributed by atoms with van der Waals surface area (Å²) in [5.41, 5.74) is 1.26. The minimum atomic E-state index is 0.433. The van der Waals surface area contributed by atoms with Gasteiger partial charge in [-0.3, -0.25) is 0 Å². The van der Waals surface area contributed by atoms with Crippen LogP contribution in [0.2, 0.25) is 0 Å². The smallest absolute Gasteiger partial charge is 0.0721 e. The number of hydrogen-bond donors (Lipinski definition) is 0. The van der Waals surface area contributed by atoms with Gasteiger partial charge in [0.15, 0.2) is 0 Å². The molecule has 0 saturated heterocycles. The molecule has 1 aliphatic rings. The third-order valence-corrected chi connectivity index (χ3v) is 4.81. The molecular formula is C17H25BrO. The fourth-order valence-corrected chi connectivity index (χ4v) is 3.58. The van der Waals surface area contributed by atoms with E-state index in [9.17, 15) is 0 Å². The van der Waals surface area contributed by atoms with Gasteiger partial charge in [-0.15, -0.1) is 0 Å². The zero-order valence-electron chi connectivity index (χ0n) is 12.2. The van der Waals surface area contributed by atoms with Crippen molar-refractivity contribution in [1.29, 1.82) is 0 Å². The Bertz CT molecular complexity index is 402. The predicted molar refractivity (Wildman–Crippen MR) is 84.1 cm³/mol. The lowest BCUT2D eigenvalue weighted by atomic mass is 9.75. The molecule has 0 N–H and O–H groups in total. The second-order valence-corrected chi connectivity index (χ2v) is 7.22. The van der Waals surface area contributed by atoms with Crippen molar-refractivity contribution in [2.45, 2.75) is 52.7 Å². The first-order valence-electron chi connectivity index (χ1n) is 7.42. The molecule has 0 amide bonds. The molecule has 106 valence electrons. The highest BCUT2D eigenvalue weighted by Gasteiger charge is 2.31. The molecule has 1 aromatic carbocycles. The van der Waals surface area contributed by atoms with Gasteiger partial charge in [0, 0.05) is 4.47 Å². The maximum absolute atomic E-state index is 6.25. The van der Waals surface area contributed by atoms with Crippen LogP contribution in [-0.4, -0.2) is 6.10 Å². The van der Waals surface area contributed by atoms with E-state index in [0.29, 0.717) is 6.10 Å². The quantitative estimate of drug-likeness (QED) is 0.717. The van der Waals surface area contributed by atoms with Gasteiger partial charge >= 0.3 is 0 Å². The Morgan fingerprint density at radius 1 is 1.32 bits per heavy atom. The lowest BCUT2D eigenvalue weighted by Gasteiger charge is -2.37. The molecule has 0 radical (unpaired) electrons. The van der Waals surface area contributed by atoms with Gasteiger partial charge in [-0.1, -0.05) is 55.3 Å². The van der Waals surface area contributed by atoms with E-state index in [4.69, 9.17) is 4.74 Å². The molecule has 19 heavy (non-hydrogen) atoms. The number of rotatable bonds is 4. The van der Waals surface area contributed by atoms with Crippen molar-refractivity contribution in [3.8, 4) is 0 Å². The predicted octanol–water partition coefficient (Wildman–Crippen LogP) is 5.43. The first-order chi connectivity index (χ1) is 9.06. The summed E-state index contributed by atoms with van der Waals surface area (Å²) in [5.74, 6) is 2.26. The number of halogens is 1. The monoisotopic (exact) mass is 324 g/mol. The second-order valence-electron chi connectivity index (χ2n) is 6.31. The normalized spacial score (nSPS) is 27.7. The lowest BCUT2D eigenvalue weighted by molar-refractivity contribution is -0.0472. The van der Waals surface area contributed by atoms with Crippen LogP contribution in [-0.2, 0) is 11.3 Å². The van der Waals surface area contributed by atoms with E-state index in [-0.39, 0.29) is 0 Å². The molecule has 1 nitrogen and oxygen atoms in total. The average molecular weight is 325 g/mol. The minimum absolute atomic E-state index is 0.433. The summed E-state index contributed by atoms with van der Waals surface area (Å²) >= 11 is 3.52. The summed E-state index contributed by atoms with van der Waals surface area (Å²) in [6, 6.07) is 8.42. The van der Waals surface area contributed by atoms with E-state index in [1.807, 2.05) is 0 Å². The van der Waals surface area contributed by atoms with Crippen molar-refractivity contribution in [1.82, 2.24) is 0 Å². The summed E-state index contributed by atoms with van der Waals surface area (Å²) in [6.45, 7) is 7.75. The summed E-state index contributed by atoms with van der Waals surface area (Å²) in [4.78, 5) is 0. The molecule has 0 aliphatic heterocycles. The van der Waals surface area contributed by atoms with Gasteiger partial charge in [0.2, 0.25) is 0 Å². The van der Waals surface area contributed by atoms with E-state index < -0.39 is 0 Å². The van der Waals surface area contributed by atoms with Gasteiger partial charge in [0.25, 0.3) is 0 Å². The highest BCUT2D eigenvalue weighted by molar-refractivity contribution is 9.10. The topological polar surface area (TPSA) is 9.23 Å². The third kappa shape index (κ3) is 4.32. The van der Waals surface area contributed by atoms with Gasteiger partial charge in [-0.2, -0.15) is 0 Å². The Hall–Kier alpha value is -0.340. The zero-order valence-corrected chi connectivity index (χ0v) is 13.8. The summed E-state index contributed by atoms with van der Waals surface area (Å²) in [5, 5.41) is 0. The SMILES string of the molecule is CC1CCC(C(C)C)C(OCc2cccc(Br)c2)C1. The van der Waals surface area contributed by atoms with Crippen LogP contribution < -0.4 is 0 Å². The molecule has 1 fully saturated rings. The standard InChI is InChI=1S/C17H25BrO/c1-12(2)16-8-7-13(3)9-17(16)19-11-14-5-4-6-15(18)10-14/h4-6,10,12-13,16-17H,7-9,11H2,1-3H3. The van der Waals surface area contributed by atoms with Crippen LogP contribution in [0.3, 0.4) is 0 Å². The Morgan fingerprint density at radius 3 is 2.79 bits per heavy atom. The Morgan fingerprint density at radius 2 is 2.11 bits per heavy atom. The fraction of sp³-hybridized carbons (Fsp3) is 0.647. The molecular weight excluding hydrogens is 300 g/mol. The lowest BCUT2D eigenvalue weighted by Crippen LogP contribution is -2.34. The van der Waals surface area contributed by atoms with Gasteiger partial charge in [-0.05, 0) is 48.3 Å². The van der Waals surface area contributed by atoms with Crippen molar-refractivity contribution in [3.05, 3.63) is 34.3 Å². The molecule has 2 rings (SSSR count). The molecule has 0 bridgehead atoms. The van der Waals surface area contributed by atoms with Gasteiger partial charge in [0.05, 0.1) is 12.7 Å². The first kappa shape index (κ1) is 15.1. The van der Waals surface area contributed by atoms with Crippen LogP contribution in [0.15, 0.2) is 28.7 Å². The van der Waals surface area contributed by atoms with Crippen LogP contribution >= 0.6 is 15.9 Å². The van der Waals surface area contributed by atoms with Crippen LogP contribution in [0.5, 0.6) is 0 Å². The van der Waals surface area contributed by atoms with Crippen LogP contribution in [0, 0.1) is 17.8 Å². The van der Waals surface area contributed by atoms with E-state index in [0.717, 1.165) is 28.8 Å². The van der Waals surface area contributed by atoms with Crippen molar-refractivity contribution in [2.75, 3.05) is 0 Å². The van der Waals surface area contributed by atoms with Crippen LogP contribution in [0.1, 0.15) is 45.6 Å². The van der Waals surface area contributed by atoms with Crippen LogP contribution in [0.25, 0.3) is 0 Å². The van der Waals surface area contributed by atoms with E-state index >= 15 is 0 Å². The Labute approximate surface area is 125 Å². The molecule has 0 spiro atoms. The Balaban J connectivity index is 1.95. The highest BCUT2D eigenvalue weighted by Crippen LogP contribution is 2.35. The molecule has 2 heteroatoms. The van der Waals surface area contributed by atoms with Crippen molar-refractivity contribution in [2.24, 2.45) is 17.8 Å². The largest absolute Gasteiger partial charge is 0.373 e. The number of ether oxygens (including phenoxy) is 1. The maximum atomic E-state index is 6.25. The summed E-state index contributed by atoms with van der Waals surface area (Å²) in [7, 11) is 0. The molecule has 1 saturated carbocycles. The van der Waals surface area contributed by atoms with Gasteiger partial charge in [0.1, 0.15) is 0 Å². The molecule has 0 aromatic heterocycles. The second kappa shape index (κ2) is 6.90. The van der Waals surface area contributed by atoms with E-state index in [1.54, 1.807) is 0 Å². The van der Waals surface area contributed by atoms with Crippen molar-refractivity contribution < 1.29 is 4.74 Å². The van der Waals surface area contributed by atoms with Crippen molar-refractivity contribution in [3.63, 3.8) is 0 Å². The number of hydrogen-bond acceptors (Lipinski definition) is 1. The molecule has 3 atom stereocenters. The average Bonchev–Trinajstić information content (AvgIpc) is 2.36. The van der Waals surface area contributed by atoms with Gasteiger partial charge in [-0.25, -0.2) is 0 Å². The van der Waals surface area contributed by atoms with Crippen LogP contribution in [0.4, 0.5) is 0 Å². The third-order valence-electron chi connectivity index (χ3n) is 4.31. The van der Waals surface area contributed by atoms with E-state index in [1.165, 1.54) is 24.8 Å². The molecule has 1 aliphatic carbocycles. The first-order valence-corrected chi connectivity index (χ1v) is 8.21. The minimum Gasteiger partial charge on any atom is -0.373 e. The fourth-order valence-electron chi connectivity index (χ4n) is 3.14. The zero-order chi connectivity index (χ0) is 13.8. The number of benzene rings is 1. The maximum Gasteiger partial charge on any atom is 0.0721 e. The van der Waals surface area contributed by atoms with E-state index in [2.05, 4.69) is 61.0 Å². The highest BCUT2D eigenvalue weighted by atomic mass is 79.9. The molecule has 1 aromatic rings. The van der Waals surface area contributed by atoms with Gasteiger partial charge < -0.3 is 4.74 Å². The molecule has 3 unspecified atom stereocenters. The summed E-state index contributed by atoms with van der Waals surface area (Å²) < 4.78 is 7.38. The summed E-state index contributed by atoms with van der Waals surface area (Å²) in [6.07, 6.45) is 4.33. The molecule has 0 heterocycles.